The molecular weight excluding hydrogens is 275 g/mol. The van der Waals surface area contributed by atoms with Crippen LogP contribution in [0, 0.1) is 23.7 Å². The van der Waals surface area contributed by atoms with E-state index in [1.807, 2.05) is 6.92 Å². The minimum Gasteiger partial charge on any atom is -0.350 e. The number of aryl methyl sites for hydroxylation is 1. The molecule has 5 nitrogen and oxygen atoms in total. The third-order valence-corrected chi connectivity index (χ3v) is 5.92. The average molecular weight is 294 g/mol. The van der Waals surface area contributed by atoms with Crippen LogP contribution in [0.3, 0.4) is 0 Å². The minimum atomic E-state index is -1.24. The van der Waals surface area contributed by atoms with Gasteiger partial charge in [0.15, 0.2) is 12.4 Å². The van der Waals surface area contributed by atoms with E-state index in [4.69, 9.17) is 4.74 Å². The Bertz CT molecular complexity index is 741. The van der Waals surface area contributed by atoms with Crippen molar-refractivity contribution in [2.24, 2.45) is 16.7 Å². The fraction of sp³-hybridized carbons (Fsp3) is 0.733. The van der Waals surface area contributed by atoms with E-state index in [0.29, 0.717) is 11.5 Å². The van der Waals surface area contributed by atoms with Crippen molar-refractivity contribution in [2.45, 2.75) is 52.1 Å². The Labute approximate surface area is 121 Å². The molecule has 2 aliphatic carbocycles. The third-order valence-electron chi connectivity index (χ3n) is 5.92. The van der Waals surface area contributed by atoms with Gasteiger partial charge in [-0.2, -0.15) is 0 Å². The first-order valence-electron chi connectivity index (χ1n) is 7.39. The van der Waals surface area contributed by atoms with Gasteiger partial charge in [-0.05, 0) is 31.1 Å². The molecule has 1 aromatic heterocycles. The number of rotatable bonds is 1. The fourth-order valence-electron chi connectivity index (χ4n) is 4.57. The van der Waals surface area contributed by atoms with Crippen molar-refractivity contribution in [1.82, 2.24) is 9.55 Å². The fourth-order valence-corrected chi connectivity index (χ4v) is 4.57. The summed E-state index contributed by atoms with van der Waals surface area (Å²) < 4.78 is 22.2. The van der Waals surface area contributed by atoms with Crippen molar-refractivity contribution in [3.8, 4) is 0 Å². The number of H-pyrrole nitrogens is 1. The predicted molar refractivity (Wildman–Crippen MR) is 73.8 cm³/mol. The van der Waals surface area contributed by atoms with Gasteiger partial charge in [-0.25, -0.2) is 9.18 Å². The van der Waals surface area contributed by atoms with Gasteiger partial charge in [0, 0.05) is 17.2 Å². The first-order chi connectivity index (χ1) is 9.77. The lowest BCUT2D eigenvalue weighted by Gasteiger charge is -2.28. The summed E-state index contributed by atoms with van der Waals surface area (Å²) >= 11 is 0. The molecule has 6 heteroatoms. The van der Waals surface area contributed by atoms with Gasteiger partial charge in [-0.1, -0.05) is 13.8 Å². The molecule has 0 radical (unpaired) electrons. The molecule has 2 saturated carbocycles. The molecular formula is C15H19FN2O3. The molecule has 6 atom stereocenters. The van der Waals surface area contributed by atoms with Gasteiger partial charge in [0.2, 0.25) is 0 Å². The molecule has 4 rings (SSSR count). The Balaban J connectivity index is 1.77. The van der Waals surface area contributed by atoms with Crippen LogP contribution in [0.2, 0.25) is 0 Å². The van der Waals surface area contributed by atoms with Gasteiger partial charge in [0.05, 0.1) is 6.10 Å². The van der Waals surface area contributed by atoms with Gasteiger partial charge in [-0.3, -0.25) is 14.3 Å². The highest BCUT2D eigenvalue weighted by Crippen LogP contribution is 2.74. The normalized spacial score (nSPS) is 47.2. The third kappa shape index (κ3) is 1.49. The molecule has 1 saturated heterocycles. The highest BCUT2D eigenvalue weighted by atomic mass is 19.1. The Kier molecular flexibility index (Phi) is 2.31. The zero-order valence-electron chi connectivity index (χ0n) is 12.4. The zero-order chi connectivity index (χ0) is 15.2. The maximum Gasteiger partial charge on any atom is 0.330 e. The van der Waals surface area contributed by atoms with Gasteiger partial charge >= 0.3 is 5.69 Å². The number of hydrogen-bond donors (Lipinski definition) is 1. The molecule has 3 aliphatic rings. The van der Waals surface area contributed by atoms with Crippen molar-refractivity contribution >= 4 is 0 Å². The second-order valence-corrected chi connectivity index (χ2v) is 7.40. The maximum atomic E-state index is 15.0. The smallest absolute Gasteiger partial charge is 0.330 e. The van der Waals surface area contributed by atoms with E-state index >= 15 is 4.39 Å². The molecule has 0 spiro atoms. The van der Waals surface area contributed by atoms with Crippen molar-refractivity contribution in [2.75, 3.05) is 0 Å². The number of nitrogens with one attached hydrogen (secondary N) is 1. The van der Waals surface area contributed by atoms with Crippen LogP contribution < -0.4 is 11.2 Å². The van der Waals surface area contributed by atoms with E-state index in [2.05, 4.69) is 11.9 Å². The maximum absolute atomic E-state index is 15.0. The lowest BCUT2D eigenvalue weighted by molar-refractivity contribution is -0.0498. The molecule has 0 bridgehead atoms. The summed E-state index contributed by atoms with van der Waals surface area (Å²) in [6.07, 6.45) is 0.940. The SMILES string of the molecule is Cc1cn(C2O[C@@H]3[C@@]4(C)C[C@H]4C[C@]3(C)[C@H]2F)c(=O)[nH]c1=O. The first-order valence-corrected chi connectivity index (χ1v) is 7.39. The largest absolute Gasteiger partial charge is 0.350 e. The summed E-state index contributed by atoms with van der Waals surface area (Å²) in [5.41, 5.74) is -1.16. The van der Waals surface area contributed by atoms with Gasteiger partial charge in [0.1, 0.15) is 0 Å². The summed E-state index contributed by atoms with van der Waals surface area (Å²) in [6, 6.07) is 0. The number of ether oxygens (including phenoxy) is 1. The quantitative estimate of drug-likeness (QED) is 0.854. The first kappa shape index (κ1) is 13.2. The van der Waals surface area contributed by atoms with Gasteiger partial charge in [-0.15, -0.1) is 0 Å². The lowest BCUT2D eigenvalue weighted by Crippen LogP contribution is -2.38. The lowest BCUT2D eigenvalue weighted by atomic mass is 9.78. The van der Waals surface area contributed by atoms with Crippen LogP contribution in [0.25, 0.3) is 0 Å². The molecule has 21 heavy (non-hydrogen) atoms. The van der Waals surface area contributed by atoms with Crippen LogP contribution in [0.15, 0.2) is 15.8 Å². The van der Waals surface area contributed by atoms with E-state index < -0.39 is 29.1 Å². The van der Waals surface area contributed by atoms with E-state index in [-0.39, 0.29) is 11.5 Å². The highest BCUT2D eigenvalue weighted by molar-refractivity contribution is 5.21. The number of alkyl halides is 1. The molecule has 1 aliphatic heterocycles. The Morgan fingerprint density at radius 3 is 2.67 bits per heavy atom. The minimum absolute atomic E-state index is 0.0503. The average Bonchev–Trinajstić information content (AvgIpc) is 2.88. The van der Waals surface area contributed by atoms with Gasteiger partial charge in [0.25, 0.3) is 5.56 Å². The number of aromatic nitrogens is 2. The highest BCUT2D eigenvalue weighted by Gasteiger charge is 2.74. The van der Waals surface area contributed by atoms with E-state index in [0.717, 1.165) is 12.8 Å². The molecule has 2 heterocycles. The van der Waals surface area contributed by atoms with Crippen LogP contribution in [-0.2, 0) is 4.74 Å². The van der Waals surface area contributed by atoms with Crippen LogP contribution in [0.1, 0.15) is 38.5 Å². The summed E-state index contributed by atoms with van der Waals surface area (Å²) in [6.45, 7) is 5.66. The Hall–Kier alpha value is -1.43. The van der Waals surface area contributed by atoms with Gasteiger partial charge < -0.3 is 4.74 Å². The van der Waals surface area contributed by atoms with Crippen molar-refractivity contribution in [1.29, 1.82) is 0 Å². The van der Waals surface area contributed by atoms with Crippen molar-refractivity contribution in [3.63, 3.8) is 0 Å². The second kappa shape index (κ2) is 3.66. The Morgan fingerprint density at radius 2 is 2.00 bits per heavy atom. The molecule has 1 unspecified atom stereocenters. The van der Waals surface area contributed by atoms with E-state index in [9.17, 15) is 9.59 Å². The molecule has 1 N–H and O–H groups in total. The standard InChI is InChI=1S/C15H19FN2O3/c1-7-6-18(13(20)17-10(7)19)11-9(16)15(3)5-8-4-14(8,2)12(15)21-11/h6,8-9,11-12H,4-5H2,1-3H3,(H,17,19,20)/t8-,9-,11?,12+,14-,15+/m0/s1. The van der Waals surface area contributed by atoms with Crippen LogP contribution in [-0.4, -0.2) is 21.8 Å². The predicted octanol–water partition coefficient (Wildman–Crippen LogP) is 1.52. The van der Waals surface area contributed by atoms with Crippen LogP contribution in [0.4, 0.5) is 4.39 Å². The molecule has 0 aromatic carbocycles. The van der Waals surface area contributed by atoms with Crippen LogP contribution >= 0.6 is 0 Å². The molecule has 3 fully saturated rings. The van der Waals surface area contributed by atoms with Crippen LogP contribution in [0.5, 0.6) is 0 Å². The van der Waals surface area contributed by atoms with E-state index in [1.54, 1.807) is 6.92 Å². The molecule has 0 amide bonds. The summed E-state index contributed by atoms with van der Waals surface area (Å²) in [4.78, 5) is 25.7. The number of fused-ring (bicyclic) bond motifs is 3. The summed E-state index contributed by atoms with van der Waals surface area (Å²) in [5, 5.41) is 0. The Morgan fingerprint density at radius 1 is 1.33 bits per heavy atom. The molecule has 1 aromatic rings. The number of halogens is 1. The second-order valence-electron chi connectivity index (χ2n) is 7.40. The summed E-state index contributed by atoms with van der Waals surface area (Å²) in [7, 11) is 0. The van der Waals surface area contributed by atoms with E-state index in [1.165, 1.54) is 10.8 Å². The van der Waals surface area contributed by atoms with Crippen molar-refractivity contribution in [3.05, 3.63) is 32.6 Å². The summed E-state index contributed by atoms with van der Waals surface area (Å²) in [5.74, 6) is 0.542. The number of hydrogen-bond acceptors (Lipinski definition) is 3. The number of nitrogens with zero attached hydrogens (tertiary/aromatic N) is 1. The monoisotopic (exact) mass is 294 g/mol. The van der Waals surface area contributed by atoms with Crippen molar-refractivity contribution < 1.29 is 9.13 Å². The topological polar surface area (TPSA) is 64.1 Å². The zero-order valence-corrected chi connectivity index (χ0v) is 12.4. The number of aromatic amines is 1. The molecule has 114 valence electrons.